The Morgan fingerprint density at radius 2 is 1.71 bits per heavy atom. The van der Waals surface area contributed by atoms with Crippen LogP contribution in [0.25, 0.3) is 0 Å². The van der Waals surface area contributed by atoms with Crippen molar-refractivity contribution in [1.82, 2.24) is 0 Å². The SMILES string of the molecule is CC1CCC(C(C)(C)C)(C(C)(C)O)O1. The van der Waals surface area contributed by atoms with Gasteiger partial charge in [-0.25, -0.2) is 0 Å². The first-order valence-corrected chi connectivity index (χ1v) is 5.50. The maximum atomic E-state index is 10.3. The van der Waals surface area contributed by atoms with Crippen LogP contribution in [-0.4, -0.2) is 22.4 Å². The summed E-state index contributed by atoms with van der Waals surface area (Å²) < 4.78 is 6.03. The fraction of sp³-hybridized carbons (Fsp3) is 1.00. The number of hydrogen-bond donors (Lipinski definition) is 1. The molecule has 1 N–H and O–H groups in total. The lowest BCUT2D eigenvalue weighted by atomic mass is 9.66. The van der Waals surface area contributed by atoms with Crippen LogP contribution >= 0.6 is 0 Å². The van der Waals surface area contributed by atoms with Gasteiger partial charge in [0.05, 0.1) is 11.7 Å². The Labute approximate surface area is 87.7 Å². The van der Waals surface area contributed by atoms with E-state index in [1.54, 1.807) is 0 Å². The van der Waals surface area contributed by atoms with Crippen molar-refractivity contribution in [3.8, 4) is 0 Å². The zero-order chi connectivity index (χ0) is 11.2. The number of aliphatic hydroxyl groups is 1. The molecule has 2 atom stereocenters. The number of ether oxygens (including phenoxy) is 1. The van der Waals surface area contributed by atoms with E-state index in [1.165, 1.54) is 0 Å². The molecule has 84 valence electrons. The van der Waals surface area contributed by atoms with Crippen LogP contribution in [-0.2, 0) is 4.74 Å². The van der Waals surface area contributed by atoms with Crippen molar-refractivity contribution in [3.63, 3.8) is 0 Å². The van der Waals surface area contributed by atoms with Crippen molar-refractivity contribution in [2.45, 2.75) is 71.7 Å². The standard InChI is InChI=1S/C12H24O2/c1-9-7-8-12(14-9,10(2,3)4)11(5,6)13/h9,13H,7-8H2,1-6H3. The van der Waals surface area contributed by atoms with Crippen LogP contribution in [0.1, 0.15) is 54.4 Å². The van der Waals surface area contributed by atoms with Gasteiger partial charge in [0.2, 0.25) is 0 Å². The number of hydrogen-bond acceptors (Lipinski definition) is 2. The summed E-state index contributed by atoms with van der Waals surface area (Å²) in [5.41, 5.74) is -1.22. The Morgan fingerprint density at radius 3 is 1.86 bits per heavy atom. The zero-order valence-corrected chi connectivity index (χ0v) is 10.3. The van der Waals surface area contributed by atoms with E-state index >= 15 is 0 Å². The Kier molecular flexibility index (Phi) is 2.75. The highest BCUT2D eigenvalue weighted by molar-refractivity contribution is 5.06. The van der Waals surface area contributed by atoms with Crippen molar-refractivity contribution < 1.29 is 9.84 Å². The third-order valence-electron chi connectivity index (χ3n) is 3.51. The molecule has 0 aromatic carbocycles. The van der Waals surface area contributed by atoms with Gasteiger partial charge in [-0.15, -0.1) is 0 Å². The van der Waals surface area contributed by atoms with Crippen LogP contribution in [0.15, 0.2) is 0 Å². The average Bonchev–Trinajstić information content (AvgIpc) is 2.28. The minimum Gasteiger partial charge on any atom is -0.387 e. The van der Waals surface area contributed by atoms with Gasteiger partial charge in [0.25, 0.3) is 0 Å². The monoisotopic (exact) mass is 200 g/mol. The summed E-state index contributed by atoms with van der Waals surface area (Å²) in [6.45, 7) is 12.2. The molecule has 1 rings (SSSR count). The van der Waals surface area contributed by atoms with Gasteiger partial charge in [-0.1, -0.05) is 20.8 Å². The van der Waals surface area contributed by atoms with Crippen molar-refractivity contribution in [1.29, 1.82) is 0 Å². The van der Waals surface area contributed by atoms with Crippen LogP contribution in [0.4, 0.5) is 0 Å². The largest absolute Gasteiger partial charge is 0.387 e. The molecule has 0 amide bonds. The molecule has 1 aliphatic heterocycles. The first-order valence-electron chi connectivity index (χ1n) is 5.50. The van der Waals surface area contributed by atoms with Crippen LogP contribution < -0.4 is 0 Å². The van der Waals surface area contributed by atoms with Crippen LogP contribution in [0.2, 0.25) is 0 Å². The Balaban J connectivity index is 3.05. The molecule has 2 unspecified atom stereocenters. The molecule has 1 fully saturated rings. The van der Waals surface area contributed by atoms with E-state index in [4.69, 9.17) is 4.74 Å². The molecule has 2 heteroatoms. The average molecular weight is 200 g/mol. The summed E-state index contributed by atoms with van der Waals surface area (Å²) in [5.74, 6) is 0. The lowest BCUT2D eigenvalue weighted by molar-refractivity contribution is -0.207. The summed E-state index contributed by atoms with van der Waals surface area (Å²) in [4.78, 5) is 0. The lowest BCUT2D eigenvalue weighted by Crippen LogP contribution is -2.58. The molecular formula is C12H24O2. The molecule has 0 radical (unpaired) electrons. The van der Waals surface area contributed by atoms with E-state index in [-0.39, 0.29) is 11.5 Å². The highest BCUT2D eigenvalue weighted by atomic mass is 16.5. The first-order chi connectivity index (χ1) is 6.10. The normalized spacial score (nSPS) is 34.9. The fourth-order valence-electron chi connectivity index (χ4n) is 2.79. The second-order valence-electron chi connectivity index (χ2n) is 6.10. The smallest absolute Gasteiger partial charge is 0.101 e. The minimum atomic E-state index is -0.782. The van der Waals surface area contributed by atoms with Crippen molar-refractivity contribution in [2.75, 3.05) is 0 Å². The lowest BCUT2D eigenvalue weighted by Gasteiger charge is -2.49. The molecule has 0 aliphatic carbocycles. The third kappa shape index (κ3) is 1.70. The quantitative estimate of drug-likeness (QED) is 0.705. The molecular weight excluding hydrogens is 176 g/mol. The third-order valence-corrected chi connectivity index (χ3v) is 3.51. The summed E-state index contributed by atoms with van der Waals surface area (Å²) in [7, 11) is 0. The van der Waals surface area contributed by atoms with Crippen LogP contribution in [0.3, 0.4) is 0 Å². The minimum absolute atomic E-state index is 0.0317. The molecule has 0 spiro atoms. The maximum Gasteiger partial charge on any atom is 0.101 e. The predicted octanol–water partition coefficient (Wildman–Crippen LogP) is 2.74. The fourth-order valence-corrected chi connectivity index (χ4v) is 2.79. The topological polar surface area (TPSA) is 29.5 Å². The van der Waals surface area contributed by atoms with Gasteiger partial charge in [0, 0.05) is 0 Å². The first kappa shape index (κ1) is 12.0. The Hall–Kier alpha value is -0.0800. The molecule has 1 aliphatic rings. The van der Waals surface area contributed by atoms with E-state index in [0.717, 1.165) is 12.8 Å². The van der Waals surface area contributed by atoms with Gasteiger partial charge in [0.1, 0.15) is 5.60 Å². The second-order valence-corrected chi connectivity index (χ2v) is 6.10. The molecule has 0 aromatic rings. The van der Waals surface area contributed by atoms with Crippen molar-refractivity contribution in [2.24, 2.45) is 5.41 Å². The van der Waals surface area contributed by atoms with Gasteiger partial charge < -0.3 is 9.84 Å². The van der Waals surface area contributed by atoms with E-state index in [0.29, 0.717) is 0 Å². The molecule has 0 aromatic heterocycles. The highest BCUT2D eigenvalue weighted by Gasteiger charge is 2.56. The molecule has 0 bridgehead atoms. The zero-order valence-electron chi connectivity index (χ0n) is 10.3. The van der Waals surface area contributed by atoms with Crippen LogP contribution in [0.5, 0.6) is 0 Å². The molecule has 1 heterocycles. The van der Waals surface area contributed by atoms with E-state index in [1.807, 2.05) is 13.8 Å². The Bertz CT molecular complexity index is 193. The summed E-state index contributed by atoms with van der Waals surface area (Å²) >= 11 is 0. The predicted molar refractivity (Wildman–Crippen MR) is 58.3 cm³/mol. The van der Waals surface area contributed by atoms with E-state index in [9.17, 15) is 5.11 Å². The molecule has 1 saturated heterocycles. The van der Waals surface area contributed by atoms with E-state index < -0.39 is 11.2 Å². The summed E-state index contributed by atoms with van der Waals surface area (Å²) in [5, 5.41) is 10.3. The number of rotatable bonds is 1. The summed E-state index contributed by atoms with van der Waals surface area (Å²) in [6.07, 6.45) is 2.25. The Morgan fingerprint density at radius 1 is 1.21 bits per heavy atom. The van der Waals surface area contributed by atoms with Crippen LogP contribution in [0, 0.1) is 5.41 Å². The van der Waals surface area contributed by atoms with Crippen molar-refractivity contribution in [3.05, 3.63) is 0 Å². The van der Waals surface area contributed by atoms with Gasteiger partial charge in [0.15, 0.2) is 0 Å². The van der Waals surface area contributed by atoms with Gasteiger partial charge in [-0.2, -0.15) is 0 Å². The molecule has 0 saturated carbocycles. The maximum absolute atomic E-state index is 10.3. The molecule has 14 heavy (non-hydrogen) atoms. The summed E-state index contributed by atoms with van der Waals surface area (Å²) in [6, 6.07) is 0. The van der Waals surface area contributed by atoms with Gasteiger partial charge >= 0.3 is 0 Å². The van der Waals surface area contributed by atoms with Gasteiger partial charge in [-0.05, 0) is 39.0 Å². The molecule has 2 nitrogen and oxygen atoms in total. The highest BCUT2D eigenvalue weighted by Crippen LogP contribution is 2.50. The van der Waals surface area contributed by atoms with Crippen molar-refractivity contribution >= 4 is 0 Å². The van der Waals surface area contributed by atoms with Gasteiger partial charge in [-0.3, -0.25) is 0 Å². The second kappa shape index (κ2) is 3.21. The van der Waals surface area contributed by atoms with E-state index in [2.05, 4.69) is 27.7 Å².